The highest BCUT2D eigenvalue weighted by molar-refractivity contribution is 5.48. The van der Waals surface area contributed by atoms with Gasteiger partial charge < -0.3 is 19.9 Å². The first-order chi connectivity index (χ1) is 8.74. The van der Waals surface area contributed by atoms with Gasteiger partial charge in [-0.05, 0) is 18.4 Å². The van der Waals surface area contributed by atoms with Gasteiger partial charge in [0.15, 0.2) is 11.5 Å². The summed E-state index contributed by atoms with van der Waals surface area (Å²) in [5, 5.41) is 0. The van der Waals surface area contributed by atoms with E-state index in [0.717, 1.165) is 30.1 Å². The predicted molar refractivity (Wildman–Crippen MR) is 70.0 cm³/mol. The molecule has 2 unspecified atom stereocenters. The van der Waals surface area contributed by atoms with Crippen LogP contribution in [0.25, 0.3) is 0 Å². The Balaban J connectivity index is 2.16. The highest BCUT2D eigenvalue weighted by Gasteiger charge is 2.23. The smallest absolute Gasteiger partial charge is 0.166 e. The van der Waals surface area contributed by atoms with Gasteiger partial charge in [0.1, 0.15) is 13.2 Å². The van der Waals surface area contributed by atoms with Gasteiger partial charge in [-0.2, -0.15) is 0 Å². The minimum Gasteiger partial charge on any atom is -0.486 e. The second kappa shape index (κ2) is 6.07. The van der Waals surface area contributed by atoms with E-state index in [4.69, 9.17) is 19.9 Å². The summed E-state index contributed by atoms with van der Waals surface area (Å²) in [7, 11) is 1.71. The third kappa shape index (κ3) is 2.76. The molecule has 0 spiro atoms. The van der Waals surface area contributed by atoms with Gasteiger partial charge in [0.05, 0.1) is 0 Å². The molecule has 100 valence electrons. The number of rotatable bonds is 5. The number of benzene rings is 1. The fraction of sp³-hybridized carbons (Fsp3) is 0.571. The molecule has 0 aromatic heterocycles. The third-order valence-electron chi connectivity index (χ3n) is 3.35. The number of ether oxygens (including phenoxy) is 3. The average molecular weight is 251 g/mol. The van der Waals surface area contributed by atoms with E-state index in [9.17, 15) is 0 Å². The molecule has 1 aliphatic heterocycles. The van der Waals surface area contributed by atoms with E-state index in [1.807, 2.05) is 18.2 Å². The summed E-state index contributed by atoms with van der Waals surface area (Å²) in [4.78, 5) is 0. The van der Waals surface area contributed by atoms with Crippen LogP contribution >= 0.6 is 0 Å². The highest BCUT2D eigenvalue weighted by Crippen LogP contribution is 2.38. The SMILES string of the molecule is COCCC(C)C(N)c1cccc2c1OCCO2. The molecule has 0 fully saturated rings. The molecule has 0 amide bonds. The van der Waals surface area contributed by atoms with Crippen LogP contribution in [0.3, 0.4) is 0 Å². The van der Waals surface area contributed by atoms with Crippen molar-refractivity contribution in [1.82, 2.24) is 0 Å². The van der Waals surface area contributed by atoms with Gasteiger partial charge in [0, 0.05) is 25.3 Å². The molecule has 18 heavy (non-hydrogen) atoms. The van der Waals surface area contributed by atoms with E-state index in [0.29, 0.717) is 19.1 Å². The molecule has 2 N–H and O–H groups in total. The van der Waals surface area contributed by atoms with Crippen molar-refractivity contribution in [2.24, 2.45) is 11.7 Å². The first kappa shape index (κ1) is 13.2. The molecule has 1 heterocycles. The normalized spacial score (nSPS) is 17.3. The van der Waals surface area contributed by atoms with Crippen molar-refractivity contribution in [2.45, 2.75) is 19.4 Å². The lowest BCUT2D eigenvalue weighted by Crippen LogP contribution is -2.23. The van der Waals surface area contributed by atoms with E-state index in [1.165, 1.54) is 0 Å². The number of hydrogen-bond acceptors (Lipinski definition) is 4. The monoisotopic (exact) mass is 251 g/mol. The summed E-state index contributed by atoms with van der Waals surface area (Å²) in [5.41, 5.74) is 7.34. The van der Waals surface area contributed by atoms with Crippen LogP contribution in [0.1, 0.15) is 24.9 Å². The van der Waals surface area contributed by atoms with Crippen LogP contribution in [-0.4, -0.2) is 26.9 Å². The first-order valence-electron chi connectivity index (χ1n) is 6.37. The maximum absolute atomic E-state index is 6.31. The van der Waals surface area contributed by atoms with Crippen molar-refractivity contribution >= 4 is 0 Å². The van der Waals surface area contributed by atoms with Crippen LogP contribution in [0.15, 0.2) is 18.2 Å². The van der Waals surface area contributed by atoms with Gasteiger partial charge in [-0.3, -0.25) is 0 Å². The van der Waals surface area contributed by atoms with Crippen LogP contribution in [0.4, 0.5) is 0 Å². The number of fused-ring (bicyclic) bond motifs is 1. The predicted octanol–water partition coefficient (Wildman–Crippen LogP) is 2.13. The summed E-state index contributed by atoms with van der Waals surface area (Å²) in [5.74, 6) is 1.94. The zero-order valence-corrected chi connectivity index (χ0v) is 11.0. The van der Waals surface area contributed by atoms with Crippen molar-refractivity contribution in [3.8, 4) is 11.5 Å². The van der Waals surface area contributed by atoms with Crippen molar-refractivity contribution in [3.63, 3.8) is 0 Å². The summed E-state index contributed by atoms with van der Waals surface area (Å²) in [6.07, 6.45) is 0.933. The number of para-hydroxylation sites is 1. The lowest BCUT2D eigenvalue weighted by atomic mass is 9.92. The van der Waals surface area contributed by atoms with Crippen molar-refractivity contribution < 1.29 is 14.2 Å². The number of hydrogen-bond donors (Lipinski definition) is 1. The van der Waals surface area contributed by atoms with Crippen LogP contribution in [0.5, 0.6) is 11.5 Å². The molecule has 1 aromatic rings. The van der Waals surface area contributed by atoms with Crippen molar-refractivity contribution in [1.29, 1.82) is 0 Å². The van der Waals surface area contributed by atoms with E-state index in [-0.39, 0.29) is 6.04 Å². The number of nitrogens with two attached hydrogens (primary N) is 1. The second-order valence-corrected chi connectivity index (χ2v) is 4.66. The van der Waals surface area contributed by atoms with Crippen molar-refractivity contribution in [2.75, 3.05) is 26.9 Å². The summed E-state index contributed by atoms with van der Waals surface area (Å²) in [6.45, 7) is 4.04. The molecule has 2 rings (SSSR count). The Morgan fingerprint density at radius 1 is 1.33 bits per heavy atom. The molecular weight excluding hydrogens is 230 g/mol. The zero-order chi connectivity index (χ0) is 13.0. The fourth-order valence-corrected chi connectivity index (χ4v) is 2.15. The largest absolute Gasteiger partial charge is 0.486 e. The third-order valence-corrected chi connectivity index (χ3v) is 3.35. The second-order valence-electron chi connectivity index (χ2n) is 4.66. The molecule has 0 aliphatic carbocycles. The molecule has 0 saturated carbocycles. The fourth-order valence-electron chi connectivity index (χ4n) is 2.15. The van der Waals surface area contributed by atoms with Gasteiger partial charge in [-0.15, -0.1) is 0 Å². The molecular formula is C14H21NO3. The lowest BCUT2D eigenvalue weighted by Gasteiger charge is -2.26. The Morgan fingerprint density at radius 2 is 2.11 bits per heavy atom. The van der Waals surface area contributed by atoms with Crippen molar-refractivity contribution in [3.05, 3.63) is 23.8 Å². The van der Waals surface area contributed by atoms with E-state index >= 15 is 0 Å². The zero-order valence-electron chi connectivity index (χ0n) is 11.0. The maximum atomic E-state index is 6.31. The van der Waals surface area contributed by atoms with E-state index in [2.05, 4.69) is 6.92 Å². The molecule has 2 atom stereocenters. The van der Waals surface area contributed by atoms with Gasteiger partial charge in [-0.25, -0.2) is 0 Å². The van der Waals surface area contributed by atoms with Crippen LogP contribution < -0.4 is 15.2 Å². The molecule has 4 nitrogen and oxygen atoms in total. The molecule has 0 saturated heterocycles. The van der Waals surface area contributed by atoms with Crippen LogP contribution in [-0.2, 0) is 4.74 Å². The Bertz CT molecular complexity index is 395. The van der Waals surface area contributed by atoms with E-state index < -0.39 is 0 Å². The van der Waals surface area contributed by atoms with Gasteiger partial charge in [0.2, 0.25) is 0 Å². The highest BCUT2D eigenvalue weighted by atomic mass is 16.6. The molecule has 1 aromatic carbocycles. The molecule has 0 bridgehead atoms. The quantitative estimate of drug-likeness (QED) is 0.871. The molecule has 1 aliphatic rings. The minimum atomic E-state index is -0.0585. The van der Waals surface area contributed by atoms with Gasteiger partial charge in [0.25, 0.3) is 0 Å². The number of methoxy groups -OCH3 is 1. The standard InChI is InChI=1S/C14H21NO3/c1-10(6-7-16-2)13(15)11-4-3-5-12-14(11)18-9-8-17-12/h3-5,10,13H,6-9,15H2,1-2H3. The maximum Gasteiger partial charge on any atom is 0.166 e. The molecule has 4 heteroatoms. The Labute approximate surface area is 108 Å². The molecule has 0 radical (unpaired) electrons. The van der Waals surface area contributed by atoms with Gasteiger partial charge in [-0.1, -0.05) is 19.1 Å². The van der Waals surface area contributed by atoms with Crippen LogP contribution in [0, 0.1) is 5.92 Å². The van der Waals surface area contributed by atoms with E-state index in [1.54, 1.807) is 7.11 Å². The topological polar surface area (TPSA) is 53.7 Å². The first-order valence-corrected chi connectivity index (χ1v) is 6.37. The van der Waals surface area contributed by atoms with Crippen LogP contribution in [0.2, 0.25) is 0 Å². The van der Waals surface area contributed by atoms with Gasteiger partial charge >= 0.3 is 0 Å². The summed E-state index contributed by atoms with van der Waals surface area (Å²) in [6, 6.07) is 5.84. The average Bonchev–Trinajstić information content (AvgIpc) is 2.43. The Morgan fingerprint density at radius 3 is 2.89 bits per heavy atom. The summed E-state index contributed by atoms with van der Waals surface area (Å²) >= 11 is 0. The lowest BCUT2D eigenvalue weighted by molar-refractivity contribution is 0.163. The Hall–Kier alpha value is -1.26. The minimum absolute atomic E-state index is 0.0585. The Kier molecular flexibility index (Phi) is 4.44. The summed E-state index contributed by atoms with van der Waals surface area (Å²) < 4.78 is 16.4.